The van der Waals surface area contributed by atoms with Gasteiger partial charge in [-0.2, -0.15) is 0 Å². The molecular formula is C40H63N3O3SiTi. The molecule has 0 aliphatic carbocycles. The van der Waals surface area contributed by atoms with Crippen LogP contribution in [0.5, 0.6) is 0 Å². The van der Waals surface area contributed by atoms with E-state index < -0.39 is 14.5 Å². The summed E-state index contributed by atoms with van der Waals surface area (Å²) in [6.07, 6.45) is -1.41. The molecule has 0 heterocycles. The summed E-state index contributed by atoms with van der Waals surface area (Å²) in [6.45, 7) is 37.0. The Morgan fingerprint density at radius 1 is 0.500 bits per heavy atom. The van der Waals surface area contributed by atoms with Gasteiger partial charge >= 0.3 is 21.7 Å². The molecule has 0 saturated carbocycles. The Balaban J connectivity index is 0. The summed E-state index contributed by atoms with van der Waals surface area (Å²) in [5.41, 5.74) is 11.0. The van der Waals surface area contributed by atoms with Gasteiger partial charge in [0.1, 0.15) is 0 Å². The number of carbonyl (C=O) groups is 1. The van der Waals surface area contributed by atoms with Crippen molar-refractivity contribution in [3.05, 3.63) is 104 Å². The molecule has 264 valence electrons. The molecule has 3 rings (SSSR count). The van der Waals surface area contributed by atoms with E-state index in [1.165, 1.54) is 33.4 Å². The third-order valence-electron chi connectivity index (χ3n) is 5.40. The van der Waals surface area contributed by atoms with Crippen molar-refractivity contribution in [1.29, 1.82) is 0 Å². The van der Waals surface area contributed by atoms with E-state index in [4.69, 9.17) is 0 Å². The second-order valence-electron chi connectivity index (χ2n) is 16.4. The summed E-state index contributed by atoms with van der Waals surface area (Å²) >= 11 is 0. The van der Waals surface area contributed by atoms with E-state index in [9.17, 15) is 9.90 Å². The summed E-state index contributed by atoms with van der Waals surface area (Å²) in [5.74, 6) is 0. The molecule has 0 unspecified atom stereocenters. The van der Waals surface area contributed by atoms with Crippen LogP contribution in [0.25, 0.3) is 16.0 Å². The molecule has 0 aliphatic rings. The summed E-state index contributed by atoms with van der Waals surface area (Å²) in [6, 6.07) is 19.2. The summed E-state index contributed by atoms with van der Waals surface area (Å²) in [5, 5.41) is 23.6. The van der Waals surface area contributed by atoms with Gasteiger partial charge in [0.05, 0.1) is 0 Å². The van der Waals surface area contributed by atoms with Crippen molar-refractivity contribution < 1.29 is 36.0 Å². The third kappa shape index (κ3) is 27.2. The van der Waals surface area contributed by atoms with Gasteiger partial charge in [-0.1, -0.05) is 170 Å². The molecule has 3 aromatic rings. The zero-order valence-electron chi connectivity index (χ0n) is 33.3. The maximum atomic E-state index is 9.72. The average Bonchev–Trinajstić information content (AvgIpc) is 2.72. The summed E-state index contributed by atoms with van der Waals surface area (Å²) in [7, 11) is -1.88. The number of hydrogen-bond acceptors (Lipinski definition) is 3. The summed E-state index contributed by atoms with van der Waals surface area (Å²) < 4.78 is 4.38. The minimum Gasteiger partial charge on any atom is -0.680 e. The molecule has 0 aromatic heterocycles. The maximum Gasteiger partial charge on any atom is 4.00 e. The monoisotopic (exact) mass is 709 g/mol. The standard InChI is InChI=1S/3C12H18N.C4H10O3Si.Ti/c3*1-9-6-10(2)8-11(7-9)13-12(3,4)5;1-8(2,3)7-4(5)6;/h3*6-8H,1-5H3;1-3H3,(H,5,6);/q3*-1;;+4/p-1. The SMILES string of the molecule is C[Si](C)(C)OC(=O)[O-].Cc1cc(C)cc([N-]C(C)(C)C)c1.Cc1cc(C)cc([N-]C(C)(C)C)c1.Cc1cc(C)cc([N-]C(C)(C)C)c1.[Ti+4]. The Kier molecular flexibility index (Phi) is 19.8. The first-order valence-electron chi connectivity index (χ1n) is 16.4. The van der Waals surface area contributed by atoms with Gasteiger partial charge in [0.25, 0.3) is 0 Å². The minimum absolute atomic E-state index is 0. The molecule has 6 nitrogen and oxygen atoms in total. The van der Waals surface area contributed by atoms with E-state index in [2.05, 4.69) is 179 Å². The van der Waals surface area contributed by atoms with Gasteiger partial charge in [-0.05, 0) is 41.5 Å². The smallest absolute Gasteiger partial charge is 0.680 e. The average molecular weight is 710 g/mol. The number of rotatable bonds is 4. The Morgan fingerprint density at radius 2 is 0.688 bits per heavy atom. The van der Waals surface area contributed by atoms with Crippen LogP contribution in [0.4, 0.5) is 21.9 Å². The third-order valence-corrected chi connectivity index (χ3v) is 6.18. The van der Waals surface area contributed by atoms with Crippen LogP contribution in [0.1, 0.15) is 95.7 Å². The zero-order valence-corrected chi connectivity index (χ0v) is 35.8. The van der Waals surface area contributed by atoms with Crippen LogP contribution in [0.2, 0.25) is 19.6 Å². The van der Waals surface area contributed by atoms with Crippen LogP contribution in [-0.2, 0) is 26.1 Å². The van der Waals surface area contributed by atoms with Gasteiger partial charge < -0.3 is 30.3 Å². The molecule has 0 fully saturated rings. The first-order chi connectivity index (χ1) is 21.0. The van der Waals surface area contributed by atoms with Crippen LogP contribution < -0.4 is 5.11 Å². The van der Waals surface area contributed by atoms with Gasteiger partial charge in [0.2, 0.25) is 6.16 Å². The molecule has 0 amide bonds. The molecular weight excluding hydrogens is 646 g/mol. The minimum atomic E-state index is -1.88. The molecule has 0 radical (unpaired) electrons. The molecule has 0 atom stereocenters. The van der Waals surface area contributed by atoms with Crippen molar-refractivity contribution in [1.82, 2.24) is 0 Å². The van der Waals surface area contributed by atoms with E-state index >= 15 is 0 Å². The molecule has 0 aliphatic heterocycles. The largest absolute Gasteiger partial charge is 4.00 e. The Bertz CT molecular complexity index is 1200. The normalized spacial score (nSPS) is 11.1. The Labute approximate surface area is 310 Å². The van der Waals surface area contributed by atoms with E-state index in [-0.39, 0.29) is 38.3 Å². The predicted molar refractivity (Wildman–Crippen MR) is 206 cm³/mol. The number of nitrogens with zero attached hydrogens (tertiary/aromatic N) is 3. The molecule has 0 saturated heterocycles. The van der Waals surface area contributed by atoms with Crippen LogP contribution in [0.3, 0.4) is 0 Å². The predicted octanol–water partition coefficient (Wildman–Crippen LogP) is 12.5. The van der Waals surface area contributed by atoms with Crippen LogP contribution in [0.15, 0.2) is 54.6 Å². The first-order valence-corrected chi connectivity index (χ1v) is 19.8. The van der Waals surface area contributed by atoms with Gasteiger partial charge in [-0.15, -0.1) is 33.7 Å². The van der Waals surface area contributed by atoms with Crippen molar-refractivity contribution in [2.75, 3.05) is 0 Å². The van der Waals surface area contributed by atoms with Crippen molar-refractivity contribution >= 4 is 31.5 Å². The van der Waals surface area contributed by atoms with E-state index in [0.29, 0.717) is 0 Å². The van der Waals surface area contributed by atoms with E-state index in [0.717, 1.165) is 17.1 Å². The number of aryl methyl sites for hydroxylation is 6. The van der Waals surface area contributed by atoms with Crippen molar-refractivity contribution in [2.24, 2.45) is 0 Å². The topological polar surface area (TPSA) is 91.7 Å². The molecule has 48 heavy (non-hydrogen) atoms. The molecule has 0 spiro atoms. The van der Waals surface area contributed by atoms with Crippen LogP contribution in [0, 0.1) is 41.5 Å². The maximum absolute atomic E-state index is 9.72. The van der Waals surface area contributed by atoms with Gasteiger partial charge in [-0.3, -0.25) is 0 Å². The summed E-state index contributed by atoms with van der Waals surface area (Å²) in [4.78, 5) is 9.72. The van der Waals surface area contributed by atoms with Crippen molar-refractivity contribution in [2.45, 2.75) is 140 Å². The van der Waals surface area contributed by atoms with Gasteiger partial charge in [-0.25, -0.2) is 0 Å². The Hall–Kier alpha value is -2.74. The first kappa shape index (κ1) is 47.4. The fourth-order valence-electron chi connectivity index (χ4n) is 4.46. The quantitative estimate of drug-likeness (QED) is 0.252. The molecule has 0 N–H and O–H groups in total. The van der Waals surface area contributed by atoms with Gasteiger partial charge in [0, 0.05) is 0 Å². The van der Waals surface area contributed by atoms with Crippen molar-refractivity contribution in [3.8, 4) is 0 Å². The molecule has 3 aromatic carbocycles. The number of carboxylic acid groups (broad SMARTS) is 1. The van der Waals surface area contributed by atoms with Crippen LogP contribution >= 0.6 is 0 Å². The Morgan fingerprint density at radius 3 is 0.792 bits per heavy atom. The fourth-order valence-corrected chi connectivity index (χ4v) is 4.96. The number of hydrogen-bond donors (Lipinski definition) is 0. The number of benzene rings is 3. The van der Waals surface area contributed by atoms with Crippen LogP contribution in [-0.4, -0.2) is 31.1 Å². The second kappa shape index (κ2) is 20.1. The number of carbonyl (C=O) groups excluding carboxylic acids is 1. The van der Waals surface area contributed by atoms with Crippen molar-refractivity contribution in [3.63, 3.8) is 0 Å². The van der Waals surface area contributed by atoms with E-state index in [1.807, 2.05) is 0 Å². The zero-order chi connectivity index (χ0) is 37.0. The fraction of sp³-hybridized carbons (Fsp3) is 0.525. The van der Waals surface area contributed by atoms with Gasteiger partial charge in [0.15, 0.2) is 8.32 Å². The second-order valence-corrected chi connectivity index (χ2v) is 20.8. The molecule has 0 bridgehead atoms. The van der Waals surface area contributed by atoms with E-state index in [1.54, 1.807) is 19.6 Å². The molecule has 8 heteroatoms.